The molecule has 2 fully saturated rings. The van der Waals surface area contributed by atoms with Gasteiger partial charge in [0.2, 0.25) is 0 Å². The van der Waals surface area contributed by atoms with E-state index in [1.54, 1.807) is 0 Å². The standard InChI is InChI=1S/C18H24O2/c1-12-7-5-6-8-14(12)16(19)20-15-11-13-9-10-18(15,4)17(13,2)3/h5-8,13,15H,9-11H2,1-4H3. The Labute approximate surface area is 121 Å². The molecule has 108 valence electrons. The Kier molecular flexibility index (Phi) is 2.97. The Morgan fingerprint density at radius 2 is 1.95 bits per heavy atom. The number of hydrogen-bond acceptors (Lipinski definition) is 2. The van der Waals surface area contributed by atoms with Crippen LogP contribution in [0, 0.1) is 23.7 Å². The number of benzene rings is 1. The van der Waals surface area contributed by atoms with Crippen LogP contribution < -0.4 is 0 Å². The molecule has 1 aromatic carbocycles. The van der Waals surface area contributed by atoms with Gasteiger partial charge in [-0.3, -0.25) is 0 Å². The molecule has 3 unspecified atom stereocenters. The lowest BCUT2D eigenvalue weighted by Gasteiger charge is -2.38. The second kappa shape index (κ2) is 4.34. The van der Waals surface area contributed by atoms with Crippen molar-refractivity contribution in [2.24, 2.45) is 16.7 Å². The molecule has 0 N–H and O–H groups in total. The monoisotopic (exact) mass is 272 g/mol. The number of fused-ring (bicyclic) bond motifs is 2. The van der Waals surface area contributed by atoms with Crippen LogP contribution in [0.4, 0.5) is 0 Å². The van der Waals surface area contributed by atoms with E-state index in [2.05, 4.69) is 20.8 Å². The molecule has 2 aliphatic carbocycles. The predicted octanol–water partition coefficient (Wildman–Crippen LogP) is 4.37. The van der Waals surface area contributed by atoms with E-state index < -0.39 is 0 Å². The molecule has 2 heteroatoms. The Morgan fingerprint density at radius 1 is 1.25 bits per heavy atom. The molecule has 0 saturated heterocycles. The number of carbonyl (C=O) groups is 1. The zero-order chi connectivity index (χ0) is 14.5. The van der Waals surface area contributed by atoms with Gasteiger partial charge in [-0.15, -0.1) is 0 Å². The Morgan fingerprint density at radius 3 is 2.50 bits per heavy atom. The highest BCUT2D eigenvalue weighted by Gasteiger charge is 2.62. The van der Waals surface area contributed by atoms with Gasteiger partial charge < -0.3 is 4.74 Å². The first-order chi connectivity index (χ1) is 9.36. The minimum Gasteiger partial charge on any atom is -0.458 e. The van der Waals surface area contributed by atoms with E-state index >= 15 is 0 Å². The van der Waals surface area contributed by atoms with Crippen molar-refractivity contribution < 1.29 is 9.53 Å². The van der Waals surface area contributed by atoms with Crippen molar-refractivity contribution in [2.45, 2.75) is 53.1 Å². The molecule has 3 rings (SSSR count). The SMILES string of the molecule is Cc1ccccc1C(=O)OC1CC2CCC1(C)C2(C)C. The highest BCUT2D eigenvalue weighted by Crippen LogP contribution is 2.66. The first kappa shape index (κ1) is 13.7. The van der Waals surface area contributed by atoms with Gasteiger partial charge in [0.1, 0.15) is 6.10 Å². The number of hydrogen-bond donors (Lipinski definition) is 0. The van der Waals surface area contributed by atoms with Crippen LogP contribution in [0.25, 0.3) is 0 Å². The van der Waals surface area contributed by atoms with Gasteiger partial charge in [0, 0.05) is 5.41 Å². The van der Waals surface area contributed by atoms with Gasteiger partial charge in [0.05, 0.1) is 5.56 Å². The average Bonchev–Trinajstić information content (AvgIpc) is 2.72. The van der Waals surface area contributed by atoms with E-state index in [4.69, 9.17) is 4.74 Å². The summed E-state index contributed by atoms with van der Waals surface area (Å²) in [6.45, 7) is 8.94. The summed E-state index contributed by atoms with van der Waals surface area (Å²) < 4.78 is 5.91. The Balaban J connectivity index is 1.81. The normalized spacial score (nSPS) is 34.2. The van der Waals surface area contributed by atoms with Crippen LogP contribution in [-0.4, -0.2) is 12.1 Å². The molecule has 3 atom stereocenters. The molecule has 2 saturated carbocycles. The summed E-state index contributed by atoms with van der Waals surface area (Å²) >= 11 is 0. The van der Waals surface area contributed by atoms with Gasteiger partial charge in [0.25, 0.3) is 0 Å². The van der Waals surface area contributed by atoms with Gasteiger partial charge in [-0.1, -0.05) is 39.0 Å². The highest BCUT2D eigenvalue weighted by molar-refractivity contribution is 5.91. The number of ether oxygens (including phenoxy) is 1. The van der Waals surface area contributed by atoms with E-state index in [1.165, 1.54) is 12.8 Å². The summed E-state index contributed by atoms with van der Waals surface area (Å²) in [5.41, 5.74) is 2.11. The minimum absolute atomic E-state index is 0.0726. The van der Waals surface area contributed by atoms with Crippen LogP contribution >= 0.6 is 0 Å². The topological polar surface area (TPSA) is 26.3 Å². The van der Waals surface area contributed by atoms with Crippen LogP contribution in [0.5, 0.6) is 0 Å². The van der Waals surface area contributed by atoms with Crippen LogP contribution in [-0.2, 0) is 4.74 Å². The Hall–Kier alpha value is -1.31. The maximum atomic E-state index is 12.4. The maximum Gasteiger partial charge on any atom is 0.338 e. The second-order valence-corrected chi connectivity index (χ2v) is 7.32. The molecule has 1 aromatic rings. The summed E-state index contributed by atoms with van der Waals surface area (Å²) in [5, 5.41) is 0. The molecule has 2 nitrogen and oxygen atoms in total. The fourth-order valence-corrected chi connectivity index (χ4v) is 4.30. The fourth-order valence-electron chi connectivity index (χ4n) is 4.30. The quantitative estimate of drug-likeness (QED) is 0.747. The van der Waals surface area contributed by atoms with Crippen molar-refractivity contribution in [3.63, 3.8) is 0 Å². The zero-order valence-corrected chi connectivity index (χ0v) is 12.9. The summed E-state index contributed by atoms with van der Waals surface area (Å²) in [6.07, 6.45) is 3.56. The van der Waals surface area contributed by atoms with Gasteiger partial charge >= 0.3 is 5.97 Å². The highest BCUT2D eigenvalue weighted by atomic mass is 16.5. The number of rotatable bonds is 2. The number of aryl methyl sites for hydroxylation is 1. The van der Waals surface area contributed by atoms with Crippen LogP contribution in [0.2, 0.25) is 0 Å². The van der Waals surface area contributed by atoms with E-state index in [9.17, 15) is 4.79 Å². The second-order valence-electron chi connectivity index (χ2n) is 7.32. The Bertz CT molecular complexity index is 546. The van der Waals surface area contributed by atoms with Gasteiger partial charge in [0.15, 0.2) is 0 Å². The summed E-state index contributed by atoms with van der Waals surface area (Å²) in [6, 6.07) is 7.67. The molecular formula is C18H24O2. The lowest BCUT2D eigenvalue weighted by Crippen LogP contribution is -2.38. The van der Waals surface area contributed by atoms with Crippen molar-refractivity contribution in [1.29, 1.82) is 0 Å². The molecular weight excluding hydrogens is 248 g/mol. The minimum atomic E-state index is -0.155. The fraction of sp³-hybridized carbons (Fsp3) is 0.611. The smallest absolute Gasteiger partial charge is 0.338 e. The largest absolute Gasteiger partial charge is 0.458 e. The van der Waals surface area contributed by atoms with Crippen molar-refractivity contribution in [3.8, 4) is 0 Å². The van der Waals surface area contributed by atoms with Crippen LogP contribution in [0.1, 0.15) is 56.0 Å². The lowest BCUT2D eigenvalue weighted by molar-refractivity contribution is -0.0243. The van der Waals surface area contributed by atoms with E-state index in [-0.39, 0.29) is 22.9 Å². The average molecular weight is 272 g/mol. The summed E-state index contributed by atoms with van der Waals surface area (Å²) in [5.74, 6) is 0.542. The third kappa shape index (κ3) is 1.73. The molecule has 2 bridgehead atoms. The van der Waals surface area contributed by atoms with E-state index in [1.807, 2.05) is 31.2 Å². The van der Waals surface area contributed by atoms with Crippen LogP contribution in [0.3, 0.4) is 0 Å². The maximum absolute atomic E-state index is 12.4. The molecule has 0 spiro atoms. The molecule has 0 aromatic heterocycles. The van der Waals surface area contributed by atoms with Crippen LogP contribution in [0.15, 0.2) is 24.3 Å². The predicted molar refractivity (Wildman–Crippen MR) is 79.6 cm³/mol. The number of carbonyl (C=O) groups excluding carboxylic acids is 1. The third-order valence-electron chi connectivity index (χ3n) is 6.33. The summed E-state index contributed by atoms with van der Waals surface area (Å²) in [4.78, 5) is 12.4. The first-order valence-electron chi connectivity index (χ1n) is 7.63. The van der Waals surface area contributed by atoms with Gasteiger partial charge in [-0.05, 0) is 49.1 Å². The van der Waals surface area contributed by atoms with E-state index in [0.29, 0.717) is 11.5 Å². The summed E-state index contributed by atoms with van der Waals surface area (Å²) in [7, 11) is 0. The van der Waals surface area contributed by atoms with Gasteiger partial charge in [-0.2, -0.15) is 0 Å². The van der Waals surface area contributed by atoms with E-state index in [0.717, 1.165) is 12.0 Å². The first-order valence-corrected chi connectivity index (χ1v) is 7.63. The molecule has 20 heavy (non-hydrogen) atoms. The molecule has 0 radical (unpaired) electrons. The number of esters is 1. The molecule has 2 aliphatic rings. The van der Waals surface area contributed by atoms with Crippen molar-refractivity contribution >= 4 is 5.97 Å². The van der Waals surface area contributed by atoms with Crippen molar-refractivity contribution in [2.75, 3.05) is 0 Å². The van der Waals surface area contributed by atoms with Crippen molar-refractivity contribution in [1.82, 2.24) is 0 Å². The molecule has 0 amide bonds. The zero-order valence-electron chi connectivity index (χ0n) is 12.9. The molecule has 0 aliphatic heterocycles. The van der Waals surface area contributed by atoms with Crippen molar-refractivity contribution in [3.05, 3.63) is 35.4 Å². The molecule has 0 heterocycles. The third-order valence-corrected chi connectivity index (χ3v) is 6.33. The lowest BCUT2D eigenvalue weighted by atomic mass is 9.70. The van der Waals surface area contributed by atoms with Gasteiger partial charge in [-0.25, -0.2) is 4.79 Å².